The van der Waals surface area contributed by atoms with Crippen molar-refractivity contribution in [1.82, 2.24) is 14.8 Å². The second-order valence-corrected chi connectivity index (χ2v) is 10.5. The summed E-state index contributed by atoms with van der Waals surface area (Å²) in [5, 5.41) is 12.4. The number of benzene rings is 3. The van der Waals surface area contributed by atoms with Crippen molar-refractivity contribution in [3.05, 3.63) is 126 Å². The van der Waals surface area contributed by atoms with E-state index in [-0.39, 0.29) is 5.91 Å². The van der Waals surface area contributed by atoms with Crippen molar-refractivity contribution in [2.45, 2.75) is 5.03 Å². The number of rotatable bonds is 8. The zero-order valence-corrected chi connectivity index (χ0v) is 23.6. The first-order valence-corrected chi connectivity index (χ1v) is 14.2. The number of amides is 1. The molecule has 5 aromatic rings. The molecule has 0 N–H and O–H groups in total. The predicted molar refractivity (Wildman–Crippen MR) is 165 cm³/mol. The Balaban J connectivity index is 1.45. The molecular formula is C32H24ClN5O2S. The Morgan fingerprint density at radius 1 is 0.927 bits per heavy atom. The van der Waals surface area contributed by atoms with Gasteiger partial charge in [-0.15, -0.1) is 0 Å². The van der Waals surface area contributed by atoms with E-state index in [1.165, 1.54) is 16.8 Å². The topological polar surface area (TPSA) is 72.6 Å². The lowest BCUT2D eigenvalue weighted by Gasteiger charge is -2.11. The third kappa shape index (κ3) is 5.66. The van der Waals surface area contributed by atoms with Gasteiger partial charge >= 0.3 is 0 Å². The largest absolute Gasteiger partial charge is 0.495 e. The van der Waals surface area contributed by atoms with Crippen LogP contribution in [-0.4, -0.2) is 39.2 Å². The first kappa shape index (κ1) is 26.6. The van der Waals surface area contributed by atoms with Gasteiger partial charge in [-0.1, -0.05) is 65.8 Å². The second-order valence-electron chi connectivity index (χ2n) is 9.08. The number of methoxy groups -OCH3 is 1. The molecule has 3 heterocycles. The summed E-state index contributed by atoms with van der Waals surface area (Å²) in [6, 6.07) is 30.5. The van der Waals surface area contributed by atoms with E-state index in [9.17, 15) is 4.79 Å². The van der Waals surface area contributed by atoms with Gasteiger partial charge in [-0.25, -0.2) is 9.67 Å². The number of hydrazone groups is 1. The molecule has 0 saturated heterocycles. The van der Waals surface area contributed by atoms with Gasteiger partial charge in [0.15, 0.2) is 0 Å². The molecule has 9 heteroatoms. The Morgan fingerprint density at radius 3 is 2.34 bits per heavy atom. The maximum atomic E-state index is 13.8. The summed E-state index contributed by atoms with van der Waals surface area (Å²) in [6.45, 7) is 0. The fourth-order valence-corrected chi connectivity index (χ4v) is 5.49. The minimum atomic E-state index is -0.209. The summed E-state index contributed by atoms with van der Waals surface area (Å²) in [5.74, 6) is 0.830. The molecular weight excluding hydrogens is 554 g/mol. The Labute approximate surface area is 246 Å². The number of carbonyl (C=O) groups is 1. The zero-order valence-electron chi connectivity index (χ0n) is 22.0. The van der Waals surface area contributed by atoms with Gasteiger partial charge in [-0.3, -0.25) is 4.79 Å². The van der Waals surface area contributed by atoms with Gasteiger partial charge in [-0.2, -0.15) is 15.2 Å². The SMILES string of the molecule is COc1ccc(-c2nn(-c3ccccc3)cc2/C=C2\C(=O)N(c3ccccc3)N=C2CSc2ccccn2)cc1Cl. The number of para-hydroxylation sites is 2. The molecule has 6 rings (SSSR count). The van der Waals surface area contributed by atoms with Crippen LogP contribution < -0.4 is 9.75 Å². The van der Waals surface area contributed by atoms with Crippen LogP contribution in [0.5, 0.6) is 5.75 Å². The predicted octanol–water partition coefficient (Wildman–Crippen LogP) is 7.17. The van der Waals surface area contributed by atoms with Crippen LogP contribution in [0.4, 0.5) is 5.69 Å². The van der Waals surface area contributed by atoms with Gasteiger partial charge in [0.05, 0.1) is 39.8 Å². The number of ether oxygens (including phenoxy) is 1. The summed E-state index contributed by atoms with van der Waals surface area (Å²) >= 11 is 8.02. The first-order valence-electron chi connectivity index (χ1n) is 12.8. The highest BCUT2D eigenvalue weighted by Crippen LogP contribution is 2.34. The minimum absolute atomic E-state index is 0.209. The lowest BCUT2D eigenvalue weighted by Crippen LogP contribution is -2.21. The zero-order chi connectivity index (χ0) is 28.2. The molecule has 1 amide bonds. The Hall–Kier alpha value is -4.66. The first-order chi connectivity index (χ1) is 20.1. The molecule has 0 unspecified atom stereocenters. The summed E-state index contributed by atoms with van der Waals surface area (Å²) in [7, 11) is 1.58. The minimum Gasteiger partial charge on any atom is -0.495 e. The number of aromatic nitrogens is 3. The normalized spacial score (nSPS) is 14.0. The van der Waals surface area contributed by atoms with Crippen LogP contribution in [0.25, 0.3) is 23.0 Å². The molecule has 7 nitrogen and oxygen atoms in total. The van der Waals surface area contributed by atoms with Crippen LogP contribution in [0.3, 0.4) is 0 Å². The molecule has 3 aromatic carbocycles. The van der Waals surface area contributed by atoms with Crippen LogP contribution >= 0.6 is 23.4 Å². The van der Waals surface area contributed by atoms with Crippen molar-refractivity contribution < 1.29 is 9.53 Å². The number of hydrogen-bond donors (Lipinski definition) is 0. The molecule has 0 aliphatic carbocycles. The average Bonchev–Trinajstić information content (AvgIpc) is 3.58. The molecule has 41 heavy (non-hydrogen) atoms. The van der Waals surface area contributed by atoms with Gasteiger partial charge in [0.25, 0.3) is 5.91 Å². The van der Waals surface area contributed by atoms with Crippen LogP contribution in [0.1, 0.15) is 5.56 Å². The average molecular weight is 578 g/mol. The number of thioether (sulfide) groups is 1. The standard InChI is InChI=1S/C32H24ClN5O2S/c1-40-29-16-15-22(19-27(29)33)31-23(20-37(36-31)24-10-4-2-5-11-24)18-26-28(21-41-30-14-8-9-17-34-30)35-38(32(26)39)25-12-6-3-7-13-25/h2-20H,21H2,1H3/b26-18-. The molecule has 0 radical (unpaired) electrons. The summed E-state index contributed by atoms with van der Waals surface area (Å²) in [4.78, 5) is 18.3. The van der Waals surface area contributed by atoms with E-state index in [2.05, 4.69) is 4.98 Å². The van der Waals surface area contributed by atoms with Crippen LogP contribution in [0.15, 0.2) is 125 Å². The van der Waals surface area contributed by atoms with Crippen LogP contribution in [-0.2, 0) is 4.79 Å². The Bertz CT molecular complexity index is 1760. The van der Waals surface area contributed by atoms with Gasteiger partial charge < -0.3 is 4.74 Å². The fourth-order valence-electron chi connectivity index (χ4n) is 4.43. The number of halogens is 1. The van der Waals surface area contributed by atoms with Crippen molar-refractivity contribution in [3.8, 4) is 22.7 Å². The van der Waals surface area contributed by atoms with Crippen molar-refractivity contribution in [3.63, 3.8) is 0 Å². The summed E-state index contributed by atoms with van der Waals surface area (Å²) in [6.07, 6.45) is 5.53. The highest BCUT2D eigenvalue weighted by atomic mass is 35.5. The number of pyridine rings is 1. The Morgan fingerprint density at radius 2 is 1.66 bits per heavy atom. The van der Waals surface area contributed by atoms with Crippen molar-refractivity contribution in [2.75, 3.05) is 17.9 Å². The van der Waals surface area contributed by atoms with E-state index >= 15 is 0 Å². The van der Waals surface area contributed by atoms with Gasteiger partial charge in [0.1, 0.15) is 11.4 Å². The molecule has 0 fully saturated rings. The lowest BCUT2D eigenvalue weighted by atomic mass is 10.0. The highest BCUT2D eigenvalue weighted by molar-refractivity contribution is 8.00. The van der Waals surface area contributed by atoms with E-state index in [4.69, 9.17) is 26.5 Å². The van der Waals surface area contributed by atoms with Gasteiger partial charge in [0, 0.05) is 29.3 Å². The maximum Gasteiger partial charge on any atom is 0.280 e. The van der Waals surface area contributed by atoms with E-state index in [1.54, 1.807) is 18.0 Å². The number of hydrogen-bond acceptors (Lipinski definition) is 6. The molecule has 0 spiro atoms. The molecule has 2 aromatic heterocycles. The lowest BCUT2D eigenvalue weighted by molar-refractivity contribution is -0.114. The van der Waals surface area contributed by atoms with Crippen molar-refractivity contribution >= 4 is 46.7 Å². The quantitative estimate of drug-likeness (QED) is 0.144. The Kier molecular flexibility index (Phi) is 7.67. The summed E-state index contributed by atoms with van der Waals surface area (Å²) in [5.41, 5.74) is 4.96. The number of nitrogens with zero attached hydrogens (tertiary/aromatic N) is 5. The molecule has 1 aliphatic rings. The fraction of sp³-hybridized carbons (Fsp3) is 0.0625. The van der Waals surface area contributed by atoms with Gasteiger partial charge in [-0.05, 0) is 60.7 Å². The van der Waals surface area contributed by atoms with Crippen LogP contribution in [0, 0.1) is 0 Å². The molecule has 0 bridgehead atoms. The summed E-state index contributed by atoms with van der Waals surface area (Å²) < 4.78 is 7.15. The van der Waals surface area contributed by atoms with Gasteiger partial charge in [0.2, 0.25) is 0 Å². The van der Waals surface area contributed by atoms with E-state index in [0.29, 0.717) is 39.2 Å². The van der Waals surface area contributed by atoms with E-state index in [1.807, 2.05) is 109 Å². The van der Waals surface area contributed by atoms with E-state index in [0.717, 1.165) is 21.8 Å². The monoisotopic (exact) mass is 577 g/mol. The number of anilines is 1. The third-order valence-corrected chi connectivity index (χ3v) is 7.69. The van der Waals surface area contributed by atoms with E-state index < -0.39 is 0 Å². The van der Waals surface area contributed by atoms with Crippen molar-refractivity contribution in [2.24, 2.45) is 5.10 Å². The second kappa shape index (κ2) is 11.8. The molecule has 202 valence electrons. The molecule has 0 saturated carbocycles. The molecule has 1 aliphatic heterocycles. The third-order valence-electron chi connectivity index (χ3n) is 6.44. The smallest absolute Gasteiger partial charge is 0.280 e. The van der Waals surface area contributed by atoms with Crippen molar-refractivity contribution in [1.29, 1.82) is 0 Å². The maximum absolute atomic E-state index is 13.8. The highest BCUT2D eigenvalue weighted by Gasteiger charge is 2.32. The molecule has 0 atom stereocenters. The van der Waals surface area contributed by atoms with Crippen LogP contribution in [0.2, 0.25) is 5.02 Å². The number of carbonyl (C=O) groups excluding carboxylic acids is 1.